The Morgan fingerprint density at radius 2 is 1.86 bits per heavy atom. The molecule has 2 rings (SSSR count). The summed E-state index contributed by atoms with van der Waals surface area (Å²) in [5, 5.41) is 6.49. The highest BCUT2D eigenvalue weighted by Crippen LogP contribution is 2.11. The van der Waals surface area contributed by atoms with Crippen molar-refractivity contribution in [1.29, 1.82) is 0 Å². The Morgan fingerprint density at radius 3 is 2.43 bits per heavy atom. The normalized spacial score (nSPS) is 14.7. The molecule has 1 saturated heterocycles. The summed E-state index contributed by atoms with van der Waals surface area (Å²) in [4.78, 5) is 31.3. The van der Waals surface area contributed by atoms with Crippen molar-refractivity contribution in [3.05, 3.63) is 35.9 Å². The van der Waals surface area contributed by atoms with E-state index in [2.05, 4.69) is 15.6 Å². The quantitative estimate of drug-likeness (QED) is 0.363. The van der Waals surface area contributed by atoms with Gasteiger partial charge in [0.25, 0.3) is 0 Å². The standard InChI is InChI=1S/C19H29N5O3.HI/c1-23(2)17(25)14-21-18(20-13-15-7-5-4-6-8-15)22-16-9-11-24(12-10-16)19(26)27-3;/h4-8,16H,9-14H2,1-3H3,(H2,20,21,22);1H. The number of likely N-dealkylation sites (N-methyl/N-ethyl adjacent to an activating group) is 1. The van der Waals surface area contributed by atoms with Gasteiger partial charge in [-0.1, -0.05) is 30.3 Å². The van der Waals surface area contributed by atoms with Crippen molar-refractivity contribution >= 4 is 41.9 Å². The van der Waals surface area contributed by atoms with Gasteiger partial charge in [0.05, 0.1) is 20.2 Å². The Hall–Kier alpha value is -2.04. The summed E-state index contributed by atoms with van der Waals surface area (Å²) in [7, 11) is 4.84. The second kappa shape index (κ2) is 12.4. The maximum absolute atomic E-state index is 11.9. The molecule has 0 aromatic heterocycles. The molecular formula is C19H30IN5O3. The van der Waals surface area contributed by atoms with Gasteiger partial charge in [-0.3, -0.25) is 4.79 Å². The van der Waals surface area contributed by atoms with E-state index >= 15 is 0 Å². The molecule has 1 aromatic carbocycles. The molecule has 1 aliphatic rings. The van der Waals surface area contributed by atoms with Crippen molar-refractivity contribution in [3.63, 3.8) is 0 Å². The van der Waals surface area contributed by atoms with Crippen molar-refractivity contribution < 1.29 is 14.3 Å². The lowest BCUT2D eigenvalue weighted by atomic mass is 10.1. The minimum absolute atomic E-state index is 0. The second-order valence-corrected chi connectivity index (χ2v) is 6.67. The summed E-state index contributed by atoms with van der Waals surface area (Å²) < 4.78 is 4.77. The summed E-state index contributed by atoms with van der Waals surface area (Å²) in [5.74, 6) is 0.579. The molecule has 0 unspecified atom stereocenters. The van der Waals surface area contributed by atoms with Crippen LogP contribution in [0, 0.1) is 0 Å². The number of carbonyl (C=O) groups is 2. The predicted molar refractivity (Wildman–Crippen MR) is 120 cm³/mol. The lowest BCUT2D eigenvalue weighted by molar-refractivity contribution is -0.127. The van der Waals surface area contributed by atoms with Gasteiger partial charge in [-0.2, -0.15) is 0 Å². The van der Waals surface area contributed by atoms with Gasteiger partial charge in [0, 0.05) is 33.2 Å². The van der Waals surface area contributed by atoms with Crippen LogP contribution in [-0.2, 0) is 16.1 Å². The van der Waals surface area contributed by atoms with Crippen LogP contribution in [0.2, 0.25) is 0 Å². The third-order valence-corrected chi connectivity index (χ3v) is 4.44. The van der Waals surface area contributed by atoms with Crippen LogP contribution >= 0.6 is 24.0 Å². The van der Waals surface area contributed by atoms with Gasteiger partial charge >= 0.3 is 6.09 Å². The molecule has 1 aromatic rings. The number of amides is 2. The minimum atomic E-state index is -0.291. The Labute approximate surface area is 183 Å². The average Bonchev–Trinajstić information content (AvgIpc) is 2.70. The molecule has 1 heterocycles. The Balaban J connectivity index is 0.00000392. The van der Waals surface area contributed by atoms with Gasteiger partial charge in [-0.15, -0.1) is 24.0 Å². The number of halogens is 1. The number of guanidine groups is 1. The zero-order chi connectivity index (χ0) is 19.6. The lowest BCUT2D eigenvalue weighted by Crippen LogP contribution is -2.51. The summed E-state index contributed by atoms with van der Waals surface area (Å²) in [5.41, 5.74) is 1.10. The highest BCUT2D eigenvalue weighted by Gasteiger charge is 2.23. The topological polar surface area (TPSA) is 86.3 Å². The molecule has 8 nitrogen and oxygen atoms in total. The van der Waals surface area contributed by atoms with E-state index in [0.717, 1.165) is 18.4 Å². The monoisotopic (exact) mass is 503 g/mol. The zero-order valence-electron chi connectivity index (χ0n) is 16.7. The predicted octanol–water partition coefficient (Wildman–Crippen LogP) is 1.66. The van der Waals surface area contributed by atoms with E-state index < -0.39 is 0 Å². The number of nitrogens with one attached hydrogen (secondary N) is 2. The first-order chi connectivity index (χ1) is 13.0. The molecule has 0 radical (unpaired) electrons. The highest BCUT2D eigenvalue weighted by atomic mass is 127. The van der Waals surface area contributed by atoms with E-state index in [0.29, 0.717) is 25.6 Å². The van der Waals surface area contributed by atoms with Crippen LogP contribution in [0.1, 0.15) is 18.4 Å². The van der Waals surface area contributed by atoms with E-state index in [4.69, 9.17) is 4.74 Å². The number of ether oxygens (including phenoxy) is 1. The zero-order valence-corrected chi connectivity index (χ0v) is 19.0. The number of carbonyl (C=O) groups excluding carboxylic acids is 2. The Morgan fingerprint density at radius 1 is 1.21 bits per heavy atom. The van der Waals surface area contributed by atoms with Crippen LogP contribution in [-0.4, -0.2) is 74.6 Å². The first kappa shape index (κ1) is 24.0. The molecule has 9 heteroatoms. The van der Waals surface area contributed by atoms with Crippen molar-refractivity contribution in [2.24, 2.45) is 4.99 Å². The van der Waals surface area contributed by atoms with Crippen LogP contribution in [0.3, 0.4) is 0 Å². The summed E-state index contributed by atoms with van der Waals surface area (Å²) in [6.07, 6.45) is 1.30. The lowest BCUT2D eigenvalue weighted by Gasteiger charge is -2.32. The molecule has 156 valence electrons. The van der Waals surface area contributed by atoms with Gasteiger partial charge in [-0.25, -0.2) is 9.79 Å². The van der Waals surface area contributed by atoms with Crippen LogP contribution in [0.15, 0.2) is 35.3 Å². The van der Waals surface area contributed by atoms with Crippen molar-refractivity contribution in [2.75, 3.05) is 40.8 Å². The molecule has 0 bridgehead atoms. The molecular weight excluding hydrogens is 473 g/mol. The van der Waals surface area contributed by atoms with Gasteiger partial charge < -0.3 is 25.2 Å². The third kappa shape index (κ3) is 7.91. The number of nitrogens with zero attached hydrogens (tertiary/aromatic N) is 3. The fourth-order valence-corrected chi connectivity index (χ4v) is 2.75. The highest BCUT2D eigenvalue weighted by molar-refractivity contribution is 14.0. The minimum Gasteiger partial charge on any atom is -0.453 e. The Bertz CT molecular complexity index is 646. The molecule has 0 atom stereocenters. The smallest absolute Gasteiger partial charge is 0.409 e. The van der Waals surface area contributed by atoms with E-state index in [1.165, 1.54) is 12.0 Å². The molecule has 2 N–H and O–H groups in total. The van der Waals surface area contributed by atoms with E-state index in [-0.39, 0.29) is 48.6 Å². The van der Waals surface area contributed by atoms with Gasteiger partial charge in [0.2, 0.25) is 5.91 Å². The fourth-order valence-electron chi connectivity index (χ4n) is 2.75. The van der Waals surface area contributed by atoms with E-state index in [1.54, 1.807) is 19.0 Å². The SMILES string of the molecule is COC(=O)N1CCC(NC(=NCc2ccccc2)NCC(=O)N(C)C)CC1.I. The molecule has 0 aliphatic carbocycles. The largest absolute Gasteiger partial charge is 0.453 e. The van der Waals surface area contributed by atoms with Crippen molar-refractivity contribution in [1.82, 2.24) is 20.4 Å². The molecule has 0 saturated carbocycles. The van der Waals surface area contributed by atoms with Crippen molar-refractivity contribution in [3.8, 4) is 0 Å². The van der Waals surface area contributed by atoms with Crippen LogP contribution in [0.4, 0.5) is 4.79 Å². The molecule has 28 heavy (non-hydrogen) atoms. The first-order valence-corrected chi connectivity index (χ1v) is 9.11. The molecule has 1 fully saturated rings. The van der Waals surface area contributed by atoms with Crippen LogP contribution in [0.5, 0.6) is 0 Å². The number of aliphatic imine (C=N–C) groups is 1. The molecule has 2 amide bonds. The number of hydrogen-bond acceptors (Lipinski definition) is 4. The second-order valence-electron chi connectivity index (χ2n) is 6.67. The summed E-state index contributed by atoms with van der Waals surface area (Å²) in [6.45, 7) is 1.96. The number of methoxy groups -OCH3 is 1. The number of piperidine rings is 1. The maximum atomic E-state index is 11.9. The Kier molecular flexibility index (Phi) is 10.6. The van der Waals surface area contributed by atoms with Crippen LogP contribution in [0.25, 0.3) is 0 Å². The first-order valence-electron chi connectivity index (χ1n) is 9.11. The fraction of sp³-hybridized carbons (Fsp3) is 0.526. The number of rotatable bonds is 5. The third-order valence-electron chi connectivity index (χ3n) is 4.44. The van der Waals surface area contributed by atoms with Gasteiger partial charge in [0.1, 0.15) is 0 Å². The number of benzene rings is 1. The summed E-state index contributed by atoms with van der Waals surface area (Å²) >= 11 is 0. The average molecular weight is 503 g/mol. The van der Waals surface area contributed by atoms with Crippen molar-refractivity contribution in [2.45, 2.75) is 25.4 Å². The van der Waals surface area contributed by atoms with E-state index in [9.17, 15) is 9.59 Å². The van der Waals surface area contributed by atoms with Gasteiger partial charge in [-0.05, 0) is 18.4 Å². The maximum Gasteiger partial charge on any atom is 0.409 e. The van der Waals surface area contributed by atoms with E-state index in [1.807, 2.05) is 30.3 Å². The molecule has 1 aliphatic heterocycles. The summed E-state index contributed by atoms with van der Waals surface area (Å²) in [6, 6.07) is 10.1. The van der Waals surface area contributed by atoms with Crippen LogP contribution < -0.4 is 10.6 Å². The number of likely N-dealkylation sites (tertiary alicyclic amines) is 1. The number of hydrogen-bond donors (Lipinski definition) is 2. The molecule has 0 spiro atoms. The van der Waals surface area contributed by atoms with Gasteiger partial charge in [0.15, 0.2) is 5.96 Å².